The minimum atomic E-state index is -0.0816. The van der Waals surface area contributed by atoms with Crippen LogP contribution in [0.1, 0.15) is 37.3 Å². The minimum Gasteiger partial charge on any atom is -0.395 e. The Labute approximate surface area is 126 Å². The van der Waals surface area contributed by atoms with Crippen LogP contribution in [-0.4, -0.2) is 30.8 Å². The van der Waals surface area contributed by atoms with Crippen LogP contribution in [0, 0.1) is 18.8 Å². The van der Waals surface area contributed by atoms with Crippen LogP contribution in [-0.2, 0) is 9.53 Å². The van der Waals surface area contributed by atoms with Crippen molar-refractivity contribution >= 4 is 11.6 Å². The molecule has 2 N–H and O–H groups in total. The van der Waals surface area contributed by atoms with Gasteiger partial charge in [0.1, 0.15) is 0 Å². The van der Waals surface area contributed by atoms with E-state index in [1.165, 1.54) is 0 Å². The molecule has 0 fully saturated rings. The SMILES string of the molecule is CCCOCCC(=O)Nc1cc(C)ccc1C#CCCO. The number of benzene rings is 1. The molecule has 114 valence electrons. The maximum Gasteiger partial charge on any atom is 0.226 e. The number of aliphatic hydroxyl groups is 1. The van der Waals surface area contributed by atoms with E-state index in [2.05, 4.69) is 17.2 Å². The molecule has 4 heteroatoms. The molecule has 0 aliphatic heterocycles. The summed E-state index contributed by atoms with van der Waals surface area (Å²) in [5, 5.41) is 11.6. The monoisotopic (exact) mass is 289 g/mol. The quantitative estimate of drug-likeness (QED) is 0.599. The molecule has 0 unspecified atom stereocenters. The smallest absolute Gasteiger partial charge is 0.226 e. The van der Waals surface area contributed by atoms with Crippen molar-refractivity contribution in [2.75, 3.05) is 25.1 Å². The van der Waals surface area contributed by atoms with Gasteiger partial charge < -0.3 is 15.2 Å². The fourth-order valence-electron chi connectivity index (χ4n) is 1.71. The van der Waals surface area contributed by atoms with Crippen LogP contribution >= 0.6 is 0 Å². The van der Waals surface area contributed by atoms with Gasteiger partial charge in [-0.2, -0.15) is 0 Å². The first-order chi connectivity index (χ1) is 10.2. The maximum absolute atomic E-state index is 11.9. The Hall–Kier alpha value is -1.83. The molecule has 0 atom stereocenters. The third kappa shape index (κ3) is 6.94. The van der Waals surface area contributed by atoms with E-state index in [1.54, 1.807) is 0 Å². The molecule has 21 heavy (non-hydrogen) atoms. The third-order valence-electron chi connectivity index (χ3n) is 2.73. The molecular formula is C17H23NO3. The van der Waals surface area contributed by atoms with Crippen molar-refractivity contribution in [2.24, 2.45) is 0 Å². The second-order valence-corrected chi connectivity index (χ2v) is 4.73. The van der Waals surface area contributed by atoms with E-state index in [4.69, 9.17) is 9.84 Å². The van der Waals surface area contributed by atoms with Gasteiger partial charge in [-0.1, -0.05) is 24.8 Å². The van der Waals surface area contributed by atoms with Gasteiger partial charge >= 0.3 is 0 Å². The highest BCUT2D eigenvalue weighted by Crippen LogP contribution is 2.17. The van der Waals surface area contributed by atoms with Crippen molar-refractivity contribution in [3.63, 3.8) is 0 Å². The number of ether oxygens (including phenoxy) is 1. The number of nitrogens with one attached hydrogen (secondary N) is 1. The van der Waals surface area contributed by atoms with Crippen LogP contribution in [0.3, 0.4) is 0 Å². The van der Waals surface area contributed by atoms with E-state index in [0.717, 1.165) is 17.5 Å². The summed E-state index contributed by atoms with van der Waals surface area (Å²) in [6.45, 7) is 5.14. The number of hydrogen-bond donors (Lipinski definition) is 2. The van der Waals surface area contributed by atoms with Gasteiger partial charge in [-0.3, -0.25) is 4.79 Å². The number of rotatable bonds is 7. The molecule has 1 rings (SSSR count). The van der Waals surface area contributed by atoms with Crippen molar-refractivity contribution < 1.29 is 14.6 Å². The zero-order chi connectivity index (χ0) is 15.5. The number of amides is 1. The molecule has 0 spiro atoms. The predicted molar refractivity (Wildman–Crippen MR) is 84.1 cm³/mol. The number of aryl methyl sites for hydroxylation is 1. The molecular weight excluding hydrogens is 266 g/mol. The normalized spacial score (nSPS) is 9.86. The standard InChI is InChI=1S/C17H23NO3/c1-3-11-21-12-9-17(20)18-16-13-14(2)7-8-15(16)6-4-5-10-19/h7-8,13,19H,3,5,9-12H2,1-2H3,(H,18,20). The molecule has 0 aromatic heterocycles. The summed E-state index contributed by atoms with van der Waals surface area (Å²) in [6, 6.07) is 5.72. The summed E-state index contributed by atoms with van der Waals surface area (Å²) in [5.74, 6) is 5.75. The van der Waals surface area contributed by atoms with E-state index >= 15 is 0 Å². The zero-order valence-corrected chi connectivity index (χ0v) is 12.7. The largest absolute Gasteiger partial charge is 0.395 e. The molecule has 0 saturated heterocycles. The molecule has 0 radical (unpaired) electrons. The van der Waals surface area contributed by atoms with Crippen LogP contribution in [0.25, 0.3) is 0 Å². The topological polar surface area (TPSA) is 58.6 Å². The lowest BCUT2D eigenvalue weighted by molar-refractivity contribution is -0.117. The Kier molecular flexibility index (Phi) is 8.18. The van der Waals surface area contributed by atoms with Crippen molar-refractivity contribution in [2.45, 2.75) is 33.1 Å². The van der Waals surface area contributed by atoms with Gasteiger partial charge in [0.25, 0.3) is 0 Å². The molecule has 0 aliphatic carbocycles. The summed E-state index contributed by atoms with van der Waals surface area (Å²) in [5.41, 5.74) is 2.53. The van der Waals surface area contributed by atoms with Gasteiger partial charge in [-0.25, -0.2) is 0 Å². The van der Waals surface area contributed by atoms with Crippen LogP contribution in [0.2, 0.25) is 0 Å². The van der Waals surface area contributed by atoms with Gasteiger partial charge in [0.05, 0.1) is 25.3 Å². The van der Waals surface area contributed by atoms with Crippen LogP contribution in [0.4, 0.5) is 5.69 Å². The Balaban J connectivity index is 2.66. The van der Waals surface area contributed by atoms with E-state index in [9.17, 15) is 4.79 Å². The molecule has 0 saturated carbocycles. The lowest BCUT2D eigenvalue weighted by Gasteiger charge is -2.09. The summed E-state index contributed by atoms with van der Waals surface area (Å²) >= 11 is 0. The first-order valence-electron chi connectivity index (χ1n) is 7.25. The minimum absolute atomic E-state index is 0.0370. The second-order valence-electron chi connectivity index (χ2n) is 4.73. The average Bonchev–Trinajstić information content (AvgIpc) is 2.46. The lowest BCUT2D eigenvalue weighted by atomic mass is 10.1. The first kappa shape index (κ1) is 17.2. The molecule has 0 aliphatic rings. The Morgan fingerprint density at radius 3 is 2.90 bits per heavy atom. The molecule has 4 nitrogen and oxygen atoms in total. The molecule has 1 aromatic rings. The zero-order valence-electron chi connectivity index (χ0n) is 12.7. The number of aliphatic hydroxyl groups excluding tert-OH is 1. The summed E-state index contributed by atoms with van der Waals surface area (Å²) < 4.78 is 5.31. The van der Waals surface area contributed by atoms with E-state index in [1.807, 2.05) is 32.0 Å². The number of carbonyl (C=O) groups excluding carboxylic acids is 1. The number of hydrogen-bond acceptors (Lipinski definition) is 3. The highest BCUT2D eigenvalue weighted by Gasteiger charge is 2.06. The van der Waals surface area contributed by atoms with Crippen molar-refractivity contribution in [1.82, 2.24) is 0 Å². The van der Waals surface area contributed by atoms with Crippen molar-refractivity contribution in [1.29, 1.82) is 0 Å². The summed E-state index contributed by atoms with van der Waals surface area (Å²) in [7, 11) is 0. The lowest BCUT2D eigenvalue weighted by Crippen LogP contribution is -2.15. The van der Waals surface area contributed by atoms with E-state index in [-0.39, 0.29) is 12.5 Å². The first-order valence-corrected chi connectivity index (χ1v) is 7.25. The van der Waals surface area contributed by atoms with Gasteiger partial charge in [0.15, 0.2) is 0 Å². The maximum atomic E-state index is 11.9. The number of carbonyl (C=O) groups is 1. The average molecular weight is 289 g/mol. The molecule has 0 bridgehead atoms. The van der Waals surface area contributed by atoms with Crippen molar-refractivity contribution in [3.05, 3.63) is 29.3 Å². The van der Waals surface area contributed by atoms with Crippen LogP contribution in [0.5, 0.6) is 0 Å². The van der Waals surface area contributed by atoms with Gasteiger partial charge in [-0.05, 0) is 31.0 Å². The van der Waals surface area contributed by atoms with E-state index < -0.39 is 0 Å². The highest BCUT2D eigenvalue weighted by atomic mass is 16.5. The van der Waals surface area contributed by atoms with Gasteiger partial charge in [-0.15, -0.1) is 0 Å². The Bertz CT molecular complexity index is 515. The van der Waals surface area contributed by atoms with Gasteiger partial charge in [0.2, 0.25) is 5.91 Å². The van der Waals surface area contributed by atoms with Crippen LogP contribution in [0.15, 0.2) is 18.2 Å². The Morgan fingerprint density at radius 1 is 1.38 bits per heavy atom. The Morgan fingerprint density at radius 2 is 2.19 bits per heavy atom. The molecule has 1 aromatic carbocycles. The summed E-state index contributed by atoms with van der Waals surface area (Å²) in [4.78, 5) is 11.9. The highest BCUT2D eigenvalue weighted by molar-refractivity contribution is 5.92. The summed E-state index contributed by atoms with van der Waals surface area (Å²) in [6.07, 6.45) is 1.70. The predicted octanol–water partition coefficient (Wildman–Crippen LogP) is 2.48. The van der Waals surface area contributed by atoms with Crippen LogP contribution < -0.4 is 5.32 Å². The van der Waals surface area contributed by atoms with Gasteiger partial charge in [0, 0.05) is 18.6 Å². The molecule has 0 heterocycles. The van der Waals surface area contributed by atoms with Crippen molar-refractivity contribution in [3.8, 4) is 11.8 Å². The number of anilines is 1. The van der Waals surface area contributed by atoms with E-state index in [0.29, 0.717) is 31.7 Å². The second kappa shape index (κ2) is 9.98. The third-order valence-corrected chi connectivity index (χ3v) is 2.73. The fraction of sp³-hybridized carbons (Fsp3) is 0.471. The molecule has 1 amide bonds. The fourth-order valence-corrected chi connectivity index (χ4v) is 1.71.